The molecule has 6 heteroatoms. The number of hydrogen-bond donors (Lipinski definition) is 0. The summed E-state index contributed by atoms with van der Waals surface area (Å²) >= 11 is 0. The van der Waals surface area contributed by atoms with E-state index < -0.39 is 0 Å². The van der Waals surface area contributed by atoms with E-state index in [0.29, 0.717) is 23.0 Å². The lowest BCUT2D eigenvalue weighted by atomic mass is 9.94. The van der Waals surface area contributed by atoms with Crippen LogP contribution in [-0.4, -0.2) is 21.7 Å². The first-order valence-corrected chi connectivity index (χ1v) is 16.1. The Labute approximate surface area is 281 Å². The minimum absolute atomic E-state index is 0.485. The monoisotopic (exact) mass is 632 g/mol. The predicted molar refractivity (Wildman–Crippen MR) is 198 cm³/mol. The van der Waals surface area contributed by atoms with Gasteiger partial charge in [-0.3, -0.25) is 4.99 Å². The number of rotatable bonds is 6. The van der Waals surface area contributed by atoms with Crippen LogP contribution in [0.2, 0.25) is 0 Å². The van der Waals surface area contributed by atoms with Crippen LogP contribution < -0.4 is 0 Å². The van der Waals surface area contributed by atoms with Crippen molar-refractivity contribution in [2.75, 3.05) is 0 Å². The largest absolute Gasteiger partial charge is 0.461 e. The van der Waals surface area contributed by atoms with E-state index >= 15 is 0 Å². The molecule has 0 saturated heterocycles. The summed E-state index contributed by atoms with van der Waals surface area (Å²) in [5.41, 5.74) is 8.14. The van der Waals surface area contributed by atoms with Gasteiger partial charge in [0.25, 0.3) is 0 Å². The summed E-state index contributed by atoms with van der Waals surface area (Å²) in [6.45, 7) is 5.72. The summed E-state index contributed by atoms with van der Waals surface area (Å²) < 4.78 is 12.4. The first kappa shape index (κ1) is 28.6. The van der Waals surface area contributed by atoms with E-state index in [2.05, 4.69) is 72.4 Å². The summed E-state index contributed by atoms with van der Waals surface area (Å²) in [4.78, 5) is 19.2. The van der Waals surface area contributed by atoms with Gasteiger partial charge in [0.1, 0.15) is 22.5 Å². The molecule has 232 valence electrons. The zero-order valence-corrected chi connectivity index (χ0v) is 26.6. The lowest BCUT2D eigenvalue weighted by molar-refractivity contribution is 0.577. The quantitative estimate of drug-likeness (QED) is 0.170. The van der Waals surface area contributed by atoms with Crippen LogP contribution in [0.25, 0.3) is 83.2 Å². The summed E-state index contributed by atoms with van der Waals surface area (Å²) in [6.07, 6.45) is 1.70. The fourth-order valence-electron chi connectivity index (χ4n) is 6.83. The van der Waals surface area contributed by atoms with Gasteiger partial charge in [0.15, 0.2) is 17.5 Å². The zero-order valence-electron chi connectivity index (χ0n) is 26.6. The van der Waals surface area contributed by atoms with Crippen molar-refractivity contribution in [3.05, 3.63) is 157 Å². The molecule has 6 nitrogen and oxygen atoms in total. The third-order valence-corrected chi connectivity index (χ3v) is 9.00. The highest BCUT2D eigenvalue weighted by Crippen LogP contribution is 2.40. The highest BCUT2D eigenvalue weighted by Gasteiger charge is 2.22. The van der Waals surface area contributed by atoms with Crippen molar-refractivity contribution in [2.24, 2.45) is 4.99 Å². The van der Waals surface area contributed by atoms with Gasteiger partial charge in [0.05, 0.1) is 0 Å². The molecule has 9 rings (SSSR count). The minimum atomic E-state index is 0.485. The van der Waals surface area contributed by atoms with Gasteiger partial charge in [0, 0.05) is 44.6 Å². The van der Waals surface area contributed by atoms with Gasteiger partial charge in [-0.15, -0.1) is 0 Å². The van der Waals surface area contributed by atoms with Crippen molar-refractivity contribution in [3.8, 4) is 33.9 Å². The fourth-order valence-corrected chi connectivity index (χ4v) is 6.83. The second kappa shape index (κ2) is 11.5. The number of furan rings is 2. The van der Waals surface area contributed by atoms with Crippen LogP contribution in [0.5, 0.6) is 0 Å². The zero-order chi connectivity index (χ0) is 32.9. The van der Waals surface area contributed by atoms with E-state index in [1.54, 1.807) is 6.20 Å². The van der Waals surface area contributed by atoms with E-state index in [1.165, 1.54) is 0 Å². The average Bonchev–Trinajstić information content (AvgIpc) is 3.70. The Morgan fingerprint density at radius 2 is 1.27 bits per heavy atom. The maximum absolute atomic E-state index is 6.21. The van der Waals surface area contributed by atoms with Crippen molar-refractivity contribution in [2.45, 2.75) is 6.92 Å². The molecule has 9 aromatic rings. The van der Waals surface area contributed by atoms with Crippen molar-refractivity contribution in [1.82, 2.24) is 15.0 Å². The van der Waals surface area contributed by atoms with Gasteiger partial charge in [-0.05, 0) is 59.8 Å². The first-order chi connectivity index (χ1) is 24.2. The molecular formula is C43H28N4O2. The molecule has 0 N–H and O–H groups in total. The first-order valence-electron chi connectivity index (χ1n) is 16.1. The van der Waals surface area contributed by atoms with Gasteiger partial charge >= 0.3 is 0 Å². The lowest BCUT2D eigenvalue weighted by Gasteiger charge is -2.12. The van der Waals surface area contributed by atoms with Crippen LogP contribution in [-0.2, 0) is 0 Å². The van der Waals surface area contributed by atoms with Crippen LogP contribution >= 0.6 is 0 Å². The number of aliphatic imine (C=N–C) groups is 1. The SMILES string of the molecule is C=N/C=C(/c1nc(-c2ccccc2)nc(-c2ccc3c(-c4cccc5oc6ccccc6c45)cccc3c2)n1)c1c(C)oc2ccccc12. The fraction of sp³-hybridized carbons (Fsp3) is 0.0233. The minimum Gasteiger partial charge on any atom is -0.461 e. The molecule has 3 aromatic heterocycles. The smallest absolute Gasteiger partial charge is 0.166 e. The Balaban J connectivity index is 1.23. The van der Waals surface area contributed by atoms with Crippen LogP contribution in [0.1, 0.15) is 17.1 Å². The number of hydrogen-bond acceptors (Lipinski definition) is 6. The molecule has 0 aliphatic rings. The van der Waals surface area contributed by atoms with Crippen molar-refractivity contribution >= 4 is 56.0 Å². The second-order valence-electron chi connectivity index (χ2n) is 11.9. The van der Waals surface area contributed by atoms with E-state index in [4.69, 9.17) is 23.8 Å². The molecule has 0 fully saturated rings. The normalized spacial score (nSPS) is 12.0. The number of benzene rings is 6. The topological polar surface area (TPSA) is 77.3 Å². The Bertz CT molecular complexity index is 2760. The van der Waals surface area contributed by atoms with E-state index in [9.17, 15) is 0 Å². The number of fused-ring (bicyclic) bond motifs is 5. The van der Waals surface area contributed by atoms with E-state index in [1.807, 2.05) is 79.7 Å². The Morgan fingerprint density at radius 3 is 2.08 bits per heavy atom. The van der Waals surface area contributed by atoms with Gasteiger partial charge in [-0.2, -0.15) is 0 Å². The molecule has 3 heterocycles. The van der Waals surface area contributed by atoms with Gasteiger partial charge in [-0.1, -0.05) is 109 Å². The summed E-state index contributed by atoms with van der Waals surface area (Å²) in [5.74, 6) is 2.35. The standard InChI is InChI=1S/C43H28N4O2/c1-26-39(33-15-6-8-19-36(33)48-26)35(25-44-2)43-46-41(27-12-4-3-5-13-27)45-42(47-43)29-22-23-30-28(24-29)14-10-17-31(30)32-18-11-21-38-40(32)34-16-7-9-20-37(34)49-38/h3-25H,2H2,1H3/b35-25+. The number of para-hydroxylation sites is 2. The van der Waals surface area contributed by atoms with Crippen molar-refractivity contribution in [3.63, 3.8) is 0 Å². The molecule has 0 bridgehead atoms. The molecular weight excluding hydrogens is 604 g/mol. The molecule has 0 amide bonds. The molecule has 49 heavy (non-hydrogen) atoms. The van der Waals surface area contributed by atoms with Gasteiger partial charge in [-0.25, -0.2) is 15.0 Å². The summed E-state index contributed by atoms with van der Waals surface area (Å²) in [5, 5.41) is 5.37. The van der Waals surface area contributed by atoms with Gasteiger partial charge < -0.3 is 8.83 Å². The Hall–Kier alpha value is -6.66. The van der Waals surface area contributed by atoms with Crippen LogP contribution in [0.4, 0.5) is 0 Å². The summed E-state index contributed by atoms with van der Waals surface area (Å²) in [6, 6.07) is 45.1. The summed E-state index contributed by atoms with van der Waals surface area (Å²) in [7, 11) is 0. The Morgan fingerprint density at radius 1 is 0.592 bits per heavy atom. The molecule has 6 aromatic carbocycles. The molecule has 0 atom stereocenters. The average molecular weight is 633 g/mol. The van der Waals surface area contributed by atoms with Crippen LogP contribution in [0, 0.1) is 6.92 Å². The Kier molecular flexibility index (Phi) is 6.73. The molecule has 0 aliphatic carbocycles. The number of nitrogens with zero attached hydrogens (tertiary/aromatic N) is 4. The third-order valence-electron chi connectivity index (χ3n) is 9.00. The van der Waals surface area contributed by atoms with Crippen LogP contribution in [0.3, 0.4) is 0 Å². The number of aromatic nitrogens is 3. The molecule has 0 spiro atoms. The van der Waals surface area contributed by atoms with E-state index in [0.717, 1.165) is 77.3 Å². The van der Waals surface area contributed by atoms with Gasteiger partial charge in [0.2, 0.25) is 0 Å². The lowest BCUT2D eigenvalue weighted by Crippen LogP contribution is -2.04. The number of aryl methyl sites for hydroxylation is 1. The molecule has 0 unspecified atom stereocenters. The second-order valence-corrected chi connectivity index (χ2v) is 11.9. The molecule has 0 saturated carbocycles. The highest BCUT2D eigenvalue weighted by atomic mass is 16.3. The molecule has 0 radical (unpaired) electrons. The maximum atomic E-state index is 6.21. The molecule has 0 aliphatic heterocycles. The third kappa shape index (κ3) is 4.81. The maximum Gasteiger partial charge on any atom is 0.166 e. The van der Waals surface area contributed by atoms with E-state index in [-0.39, 0.29) is 0 Å². The van der Waals surface area contributed by atoms with Crippen molar-refractivity contribution in [1.29, 1.82) is 0 Å². The highest BCUT2D eigenvalue weighted by molar-refractivity contribution is 6.15. The predicted octanol–water partition coefficient (Wildman–Crippen LogP) is 11.1. The van der Waals surface area contributed by atoms with Crippen molar-refractivity contribution < 1.29 is 8.83 Å². The van der Waals surface area contributed by atoms with Crippen LogP contribution in [0.15, 0.2) is 153 Å².